The maximum absolute atomic E-state index is 12.9. The van der Waals surface area contributed by atoms with Gasteiger partial charge in [-0.05, 0) is 30.2 Å². The summed E-state index contributed by atoms with van der Waals surface area (Å²) in [5.41, 5.74) is 1.29. The zero-order chi connectivity index (χ0) is 21.0. The van der Waals surface area contributed by atoms with E-state index in [2.05, 4.69) is 5.10 Å². The van der Waals surface area contributed by atoms with Gasteiger partial charge in [0, 0.05) is 32.2 Å². The van der Waals surface area contributed by atoms with E-state index in [0.29, 0.717) is 44.1 Å². The maximum atomic E-state index is 12.9. The van der Waals surface area contributed by atoms with Crippen LogP contribution in [0.15, 0.2) is 77.6 Å². The van der Waals surface area contributed by atoms with Gasteiger partial charge in [0.15, 0.2) is 0 Å². The van der Waals surface area contributed by atoms with Gasteiger partial charge in [-0.1, -0.05) is 48.5 Å². The molecule has 0 saturated carbocycles. The number of hydrogen-bond acceptors (Lipinski definition) is 5. The van der Waals surface area contributed by atoms with Crippen LogP contribution in [-0.2, 0) is 15.8 Å². The van der Waals surface area contributed by atoms with Crippen molar-refractivity contribution in [3.63, 3.8) is 0 Å². The Bertz CT molecular complexity index is 1150. The van der Waals surface area contributed by atoms with Crippen LogP contribution in [0.3, 0.4) is 0 Å². The summed E-state index contributed by atoms with van der Waals surface area (Å²) < 4.78 is 28.7. The van der Waals surface area contributed by atoms with Gasteiger partial charge in [-0.2, -0.15) is 8.99 Å². The molecule has 4 rings (SSSR count). The molecule has 2 heterocycles. The lowest BCUT2D eigenvalue weighted by Gasteiger charge is -2.23. The normalized spacial score (nSPS) is 15.7. The first kappa shape index (κ1) is 20.3. The van der Waals surface area contributed by atoms with Crippen LogP contribution in [0.4, 0.5) is 5.82 Å². The third-order valence-corrected chi connectivity index (χ3v) is 7.00. The van der Waals surface area contributed by atoms with E-state index < -0.39 is 10.0 Å². The molecule has 156 valence electrons. The maximum Gasteiger partial charge on any atom is 0.271 e. The summed E-state index contributed by atoms with van der Waals surface area (Å²) in [6.45, 7) is 2.07. The molecule has 1 aliphatic rings. The van der Waals surface area contributed by atoms with Gasteiger partial charge in [0.05, 0.1) is 11.4 Å². The van der Waals surface area contributed by atoms with Crippen LogP contribution in [0.2, 0.25) is 0 Å². The largest absolute Gasteiger partial charge is 0.354 e. The number of benzene rings is 2. The number of aromatic nitrogens is 2. The fraction of sp³-hybridized carbons (Fsp3) is 0.273. The molecule has 1 saturated heterocycles. The molecule has 0 amide bonds. The van der Waals surface area contributed by atoms with E-state index in [1.807, 2.05) is 65.6 Å². The molecular weight excluding hydrogens is 400 g/mol. The van der Waals surface area contributed by atoms with E-state index in [1.54, 1.807) is 10.4 Å². The lowest BCUT2D eigenvalue weighted by Crippen LogP contribution is -2.36. The van der Waals surface area contributed by atoms with Gasteiger partial charge in [-0.3, -0.25) is 4.79 Å². The predicted molar refractivity (Wildman–Crippen MR) is 117 cm³/mol. The summed E-state index contributed by atoms with van der Waals surface area (Å²) in [6.07, 6.45) is 0.695. The van der Waals surface area contributed by atoms with Crippen molar-refractivity contribution in [1.82, 2.24) is 14.1 Å². The Hall–Kier alpha value is -2.97. The van der Waals surface area contributed by atoms with E-state index >= 15 is 0 Å². The fourth-order valence-corrected chi connectivity index (χ4v) is 5.16. The Balaban J connectivity index is 1.50. The second kappa shape index (κ2) is 8.81. The van der Waals surface area contributed by atoms with Crippen LogP contribution < -0.4 is 10.5 Å². The van der Waals surface area contributed by atoms with Crippen LogP contribution >= 0.6 is 0 Å². The Morgan fingerprint density at radius 3 is 2.23 bits per heavy atom. The van der Waals surface area contributed by atoms with Gasteiger partial charge in [0.1, 0.15) is 5.82 Å². The Morgan fingerprint density at radius 1 is 0.800 bits per heavy atom. The Morgan fingerprint density at radius 2 is 1.50 bits per heavy atom. The standard InChI is InChI=1S/C22H24N4O3S/c27-22-13-12-21(23-26(22)20-10-5-2-6-11-20)24-14-7-15-25(17-16-24)30(28,29)18-19-8-3-1-4-9-19/h1-6,8-13H,7,14-18H2. The summed E-state index contributed by atoms with van der Waals surface area (Å²) in [6, 6.07) is 21.7. The van der Waals surface area contributed by atoms with Crippen molar-refractivity contribution < 1.29 is 8.42 Å². The average molecular weight is 425 g/mol. The molecule has 0 spiro atoms. The van der Waals surface area contributed by atoms with Gasteiger partial charge in [0.2, 0.25) is 10.0 Å². The molecule has 0 N–H and O–H groups in total. The lowest BCUT2D eigenvalue weighted by molar-refractivity contribution is 0.432. The minimum absolute atomic E-state index is 0.00494. The van der Waals surface area contributed by atoms with E-state index in [1.165, 1.54) is 10.7 Å². The highest BCUT2D eigenvalue weighted by Gasteiger charge is 2.26. The summed E-state index contributed by atoms with van der Waals surface area (Å²) in [5, 5.41) is 4.52. The zero-order valence-electron chi connectivity index (χ0n) is 16.6. The van der Waals surface area contributed by atoms with Crippen molar-refractivity contribution in [2.45, 2.75) is 12.2 Å². The number of nitrogens with zero attached hydrogens (tertiary/aromatic N) is 4. The molecule has 1 aromatic heterocycles. The molecular formula is C22H24N4O3S. The van der Waals surface area contributed by atoms with Crippen LogP contribution in [0.25, 0.3) is 5.69 Å². The van der Waals surface area contributed by atoms with Crippen molar-refractivity contribution in [2.75, 3.05) is 31.1 Å². The molecule has 0 aliphatic carbocycles. The second-order valence-corrected chi connectivity index (χ2v) is 9.23. The van der Waals surface area contributed by atoms with Gasteiger partial charge >= 0.3 is 0 Å². The first-order valence-corrected chi connectivity index (χ1v) is 11.6. The number of para-hydroxylation sites is 1. The first-order chi connectivity index (χ1) is 14.5. The van der Waals surface area contributed by atoms with Crippen LogP contribution in [0.1, 0.15) is 12.0 Å². The van der Waals surface area contributed by atoms with Gasteiger partial charge in [0.25, 0.3) is 5.56 Å². The van der Waals surface area contributed by atoms with Crippen LogP contribution in [0, 0.1) is 0 Å². The summed E-state index contributed by atoms with van der Waals surface area (Å²) in [5.74, 6) is 0.672. The molecule has 0 radical (unpaired) electrons. The fourth-order valence-electron chi connectivity index (χ4n) is 3.60. The number of rotatable bonds is 5. The van der Waals surface area contributed by atoms with Gasteiger partial charge < -0.3 is 4.90 Å². The molecule has 7 nitrogen and oxygen atoms in total. The SMILES string of the molecule is O=c1ccc(N2CCCN(S(=O)(=O)Cc3ccccc3)CC2)nn1-c1ccccc1. The zero-order valence-corrected chi connectivity index (χ0v) is 17.4. The molecule has 8 heteroatoms. The highest BCUT2D eigenvalue weighted by Crippen LogP contribution is 2.17. The van der Waals surface area contributed by atoms with Crippen molar-refractivity contribution in [3.8, 4) is 5.69 Å². The molecule has 0 atom stereocenters. The number of sulfonamides is 1. The molecule has 0 unspecified atom stereocenters. The third kappa shape index (κ3) is 4.60. The average Bonchev–Trinajstić information content (AvgIpc) is 3.02. The van der Waals surface area contributed by atoms with Crippen molar-refractivity contribution in [2.24, 2.45) is 0 Å². The monoisotopic (exact) mass is 424 g/mol. The van der Waals surface area contributed by atoms with Crippen molar-refractivity contribution in [3.05, 3.63) is 88.7 Å². The highest BCUT2D eigenvalue weighted by molar-refractivity contribution is 7.88. The van der Waals surface area contributed by atoms with Gasteiger partial charge in [-0.15, -0.1) is 5.10 Å². The second-order valence-electron chi connectivity index (χ2n) is 7.26. The van der Waals surface area contributed by atoms with Crippen molar-refractivity contribution in [1.29, 1.82) is 0 Å². The van der Waals surface area contributed by atoms with E-state index in [9.17, 15) is 13.2 Å². The molecule has 2 aromatic carbocycles. The lowest BCUT2D eigenvalue weighted by atomic mass is 10.2. The highest BCUT2D eigenvalue weighted by atomic mass is 32.2. The van der Waals surface area contributed by atoms with Crippen molar-refractivity contribution >= 4 is 15.8 Å². The van der Waals surface area contributed by atoms with Gasteiger partial charge in [-0.25, -0.2) is 8.42 Å². The Labute approximate surface area is 176 Å². The quantitative estimate of drug-likeness (QED) is 0.628. The van der Waals surface area contributed by atoms with Crippen LogP contribution in [0.5, 0.6) is 0 Å². The predicted octanol–water partition coefficient (Wildman–Crippen LogP) is 2.27. The summed E-state index contributed by atoms with van der Waals surface area (Å²) in [4.78, 5) is 14.3. The molecule has 0 bridgehead atoms. The summed E-state index contributed by atoms with van der Waals surface area (Å²) in [7, 11) is -3.39. The molecule has 1 aliphatic heterocycles. The van der Waals surface area contributed by atoms with Crippen LogP contribution in [-0.4, -0.2) is 48.7 Å². The first-order valence-electron chi connectivity index (χ1n) is 9.95. The molecule has 30 heavy (non-hydrogen) atoms. The Kier molecular flexibility index (Phi) is 5.96. The topological polar surface area (TPSA) is 75.5 Å². The third-order valence-electron chi connectivity index (χ3n) is 5.15. The van der Waals surface area contributed by atoms with E-state index in [0.717, 1.165) is 5.56 Å². The van der Waals surface area contributed by atoms with E-state index in [4.69, 9.17) is 0 Å². The molecule has 1 fully saturated rings. The van der Waals surface area contributed by atoms with E-state index in [-0.39, 0.29) is 11.3 Å². The summed E-state index contributed by atoms with van der Waals surface area (Å²) >= 11 is 0. The minimum atomic E-state index is -3.39. The molecule has 3 aromatic rings. The number of anilines is 1. The number of hydrogen-bond donors (Lipinski definition) is 0. The smallest absolute Gasteiger partial charge is 0.271 e. The minimum Gasteiger partial charge on any atom is -0.354 e.